The van der Waals surface area contributed by atoms with E-state index in [0.29, 0.717) is 23.6 Å². The summed E-state index contributed by atoms with van der Waals surface area (Å²) in [7, 11) is 0. The van der Waals surface area contributed by atoms with Crippen molar-refractivity contribution >= 4 is 11.6 Å². The van der Waals surface area contributed by atoms with Crippen molar-refractivity contribution in [1.82, 2.24) is 15.0 Å². The number of nitrogens with zero attached hydrogens (tertiary/aromatic N) is 4. The maximum atomic E-state index is 12.7. The van der Waals surface area contributed by atoms with Crippen LogP contribution in [-0.2, 0) is 17.6 Å². The predicted octanol–water partition coefficient (Wildman–Crippen LogP) is 3.70. The molecule has 1 saturated heterocycles. The number of benzene rings is 2. The van der Waals surface area contributed by atoms with Crippen LogP contribution in [0.3, 0.4) is 0 Å². The highest BCUT2D eigenvalue weighted by molar-refractivity contribution is 5.78. The van der Waals surface area contributed by atoms with E-state index in [4.69, 9.17) is 4.52 Å². The molecule has 2 fully saturated rings. The van der Waals surface area contributed by atoms with Crippen molar-refractivity contribution in [2.75, 3.05) is 31.1 Å². The van der Waals surface area contributed by atoms with Crippen LogP contribution in [-0.4, -0.2) is 47.1 Å². The van der Waals surface area contributed by atoms with E-state index < -0.39 is 0 Å². The zero-order valence-corrected chi connectivity index (χ0v) is 17.7. The molecular formula is C25H28N4O2. The summed E-state index contributed by atoms with van der Waals surface area (Å²) < 4.78 is 5.44. The quantitative estimate of drug-likeness (QED) is 0.613. The summed E-state index contributed by atoms with van der Waals surface area (Å²) in [6.45, 7) is 3.14. The number of carbonyl (C=O) groups excluding carboxylic acids is 1. The monoisotopic (exact) mass is 416 g/mol. The molecule has 1 aromatic heterocycles. The molecule has 0 spiro atoms. The minimum atomic E-state index is 0.0767. The molecule has 2 aliphatic rings. The van der Waals surface area contributed by atoms with Crippen LogP contribution in [0.2, 0.25) is 0 Å². The number of rotatable bonds is 6. The SMILES string of the molecule is O=C(Cc1noc(CC2CC(c3ccccc3)C2)n1)N1CCN(c2ccccc2)CC1. The zero-order valence-electron chi connectivity index (χ0n) is 17.7. The Bertz CT molecular complexity index is 991. The second-order valence-corrected chi connectivity index (χ2v) is 8.63. The summed E-state index contributed by atoms with van der Waals surface area (Å²) in [4.78, 5) is 21.4. The Morgan fingerprint density at radius 3 is 2.32 bits per heavy atom. The number of carbonyl (C=O) groups is 1. The van der Waals surface area contributed by atoms with E-state index in [-0.39, 0.29) is 12.3 Å². The second kappa shape index (κ2) is 8.92. The van der Waals surface area contributed by atoms with Gasteiger partial charge in [-0.15, -0.1) is 0 Å². The first kappa shape index (κ1) is 19.8. The van der Waals surface area contributed by atoms with Crippen LogP contribution in [0.25, 0.3) is 0 Å². The first-order valence-corrected chi connectivity index (χ1v) is 11.2. The maximum Gasteiger partial charge on any atom is 0.230 e. The number of anilines is 1. The minimum Gasteiger partial charge on any atom is -0.368 e. The Hall–Kier alpha value is -3.15. The fourth-order valence-electron chi connectivity index (χ4n) is 4.69. The third-order valence-electron chi connectivity index (χ3n) is 6.54. The third kappa shape index (κ3) is 4.63. The van der Waals surface area contributed by atoms with Crippen molar-refractivity contribution in [2.24, 2.45) is 5.92 Å². The van der Waals surface area contributed by atoms with Gasteiger partial charge in [0.25, 0.3) is 0 Å². The lowest BCUT2D eigenvalue weighted by Gasteiger charge is -2.36. The van der Waals surface area contributed by atoms with Crippen LogP contribution in [0.15, 0.2) is 65.2 Å². The Kier molecular flexibility index (Phi) is 5.69. The van der Waals surface area contributed by atoms with Crippen molar-refractivity contribution in [2.45, 2.75) is 31.6 Å². The largest absolute Gasteiger partial charge is 0.368 e. The molecule has 0 bridgehead atoms. The van der Waals surface area contributed by atoms with Gasteiger partial charge in [0, 0.05) is 38.3 Å². The van der Waals surface area contributed by atoms with Gasteiger partial charge in [-0.1, -0.05) is 53.7 Å². The van der Waals surface area contributed by atoms with Gasteiger partial charge in [0.1, 0.15) is 0 Å². The molecule has 1 aliphatic carbocycles. The van der Waals surface area contributed by atoms with E-state index in [9.17, 15) is 4.79 Å². The Balaban J connectivity index is 1.08. The van der Waals surface area contributed by atoms with E-state index >= 15 is 0 Å². The summed E-state index contributed by atoms with van der Waals surface area (Å²) in [5, 5.41) is 4.06. The summed E-state index contributed by atoms with van der Waals surface area (Å²) >= 11 is 0. The van der Waals surface area contributed by atoms with Crippen LogP contribution in [0.4, 0.5) is 5.69 Å². The molecule has 0 radical (unpaired) electrons. The van der Waals surface area contributed by atoms with Crippen molar-refractivity contribution in [3.05, 3.63) is 77.9 Å². The number of amides is 1. The highest BCUT2D eigenvalue weighted by Crippen LogP contribution is 2.42. The fraction of sp³-hybridized carbons (Fsp3) is 0.400. The lowest BCUT2D eigenvalue weighted by atomic mass is 9.70. The molecule has 160 valence electrons. The average Bonchev–Trinajstić information content (AvgIpc) is 3.24. The van der Waals surface area contributed by atoms with Crippen LogP contribution in [0.1, 0.15) is 36.0 Å². The molecule has 2 aromatic carbocycles. The fourth-order valence-corrected chi connectivity index (χ4v) is 4.69. The second-order valence-electron chi connectivity index (χ2n) is 8.63. The first-order valence-electron chi connectivity index (χ1n) is 11.2. The van der Waals surface area contributed by atoms with Gasteiger partial charge in [0.2, 0.25) is 11.8 Å². The molecule has 0 atom stereocenters. The van der Waals surface area contributed by atoms with E-state index in [0.717, 1.165) is 45.4 Å². The molecule has 1 saturated carbocycles. The molecule has 1 amide bonds. The number of para-hydroxylation sites is 1. The minimum absolute atomic E-state index is 0.0767. The van der Waals surface area contributed by atoms with E-state index in [2.05, 4.69) is 57.5 Å². The lowest BCUT2D eigenvalue weighted by Crippen LogP contribution is -2.49. The van der Waals surface area contributed by atoms with E-state index in [1.54, 1.807) is 0 Å². The molecule has 2 heterocycles. The van der Waals surface area contributed by atoms with E-state index in [1.165, 1.54) is 11.3 Å². The third-order valence-corrected chi connectivity index (χ3v) is 6.54. The molecule has 6 heteroatoms. The van der Waals surface area contributed by atoms with Gasteiger partial charge in [0.15, 0.2) is 5.82 Å². The summed E-state index contributed by atoms with van der Waals surface area (Å²) in [5.41, 5.74) is 2.63. The summed E-state index contributed by atoms with van der Waals surface area (Å²) in [6, 6.07) is 21.0. The molecule has 3 aromatic rings. The molecule has 0 unspecified atom stereocenters. The number of aromatic nitrogens is 2. The lowest BCUT2D eigenvalue weighted by molar-refractivity contribution is -0.130. The summed E-state index contributed by atoms with van der Waals surface area (Å²) in [5.74, 6) is 2.47. The Morgan fingerprint density at radius 1 is 0.935 bits per heavy atom. The molecule has 0 N–H and O–H groups in total. The summed E-state index contributed by atoms with van der Waals surface area (Å²) in [6.07, 6.45) is 3.34. The Labute approximate surface area is 182 Å². The number of hydrogen-bond donors (Lipinski definition) is 0. The Morgan fingerprint density at radius 2 is 1.61 bits per heavy atom. The van der Waals surface area contributed by atoms with Crippen LogP contribution >= 0.6 is 0 Å². The average molecular weight is 417 g/mol. The first-order chi connectivity index (χ1) is 15.2. The number of hydrogen-bond acceptors (Lipinski definition) is 5. The van der Waals surface area contributed by atoms with Gasteiger partial charge in [0.05, 0.1) is 6.42 Å². The van der Waals surface area contributed by atoms with Crippen molar-refractivity contribution in [3.63, 3.8) is 0 Å². The van der Waals surface area contributed by atoms with Crippen LogP contribution in [0, 0.1) is 5.92 Å². The van der Waals surface area contributed by atoms with Gasteiger partial charge >= 0.3 is 0 Å². The van der Waals surface area contributed by atoms with Crippen LogP contribution in [0.5, 0.6) is 0 Å². The number of piperazine rings is 1. The standard InChI is InChI=1S/C25H28N4O2/c30-25(29-13-11-28(12-14-29)22-9-5-2-6-10-22)18-23-26-24(31-27-23)17-19-15-21(16-19)20-7-3-1-4-8-20/h1-10,19,21H,11-18H2. The topological polar surface area (TPSA) is 62.5 Å². The van der Waals surface area contributed by atoms with Crippen molar-refractivity contribution in [3.8, 4) is 0 Å². The van der Waals surface area contributed by atoms with Crippen LogP contribution < -0.4 is 4.90 Å². The van der Waals surface area contributed by atoms with Gasteiger partial charge < -0.3 is 14.3 Å². The highest BCUT2D eigenvalue weighted by Gasteiger charge is 2.31. The van der Waals surface area contributed by atoms with Gasteiger partial charge in [-0.2, -0.15) is 4.98 Å². The van der Waals surface area contributed by atoms with Crippen molar-refractivity contribution in [1.29, 1.82) is 0 Å². The van der Waals surface area contributed by atoms with Gasteiger partial charge in [-0.3, -0.25) is 4.79 Å². The molecule has 31 heavy (non-hydrogen) atoms. The molecule has 1 aliphatic heterocycles. The molecular weight excluding hydrogens is 388 g/mol. The van der Waals surface area contributed by atoms with Gasteiger partial charge in [-0.25, -0.2) is 0 Å². The smallest absolute Gasteiger partial charge is 0.230 e. The molecule has 6 nitrogen and oxygen atoms in total. The normalized spacial score (nSPS) is 21.0. The van der Waals surface area contributed by atoms with Gasteiger partial charge in [-0.05, 0) is 42.4 Å². The van der Waals surface area contributed by atoms with Crippen molar-refractivity contribution < 1.29 is 9.32 Å². The maximum absolute atomic E-state index is 12.7. The van der Waals surface area contributed by atoms with E-state index in [1.807, 2.05) is 23.1 Å². The zero-order chi connectivity index (χ0) is 21.0. The predicted molar refractivity (Wildman–Crippen MR) is 119 cm³/mol. The highest BCUT2D eigenvalue weighted by atomic mass is 16.5. The molecule has 5 rings (SSSR count).